The van der Waals surface area contributed by atoms with Crippen molar-refractivity contribution >= 4 is 5.69 Å². The van der Waals surface area contributed by atoms with Gasteiger partial charge in [0.2, 0.25) is 0 Å². The van der Waals surface area contributed by atoms with E-state index in [9.17, 15) is 0 Å². The van der Waals surface area contributed by atoms with Gasteiger partial charge in [-0.1, -0.05) is 0 Å². The molecule has 0 saturated carbocycles. The molecule has 2 heterocycles. The van der Waals surface area contributed by atoms with E-state index in [4.69, 9.17) is 19.9 Å². The summed E-state index contributed by atoms with van der Waals surface area (Å²) in [6, 6.07) is 3.94. The van der Waals surface area contributed by atoms with Gasteiger partial charge in [-0.2, -0.15) is 0 Å². The highest BCUT2D eigenvalue weighted by atomic mass is 16.7. The van der Waals surface area contributed by atoms with Gasteiger partial charge in [0.05, 0.1) is 18.8 Å². The molecule has 2 aliphatic heterocycles. The average Bonchev–Trinajstić information content (AvgIpc) is 2.37. The first-order chi connectivity index (χ1) is 9.61. The maximum atomic E-state index is 5.99. The molecule has 3 rings (SSSR count). The number of nitrogens with zero attached hydrogens (tertiary/aromatic N) is 1. The summed E-state index contributed by atoms with van der Waals surface area (Å²) in [5.41, 5.74) is 8.94. The van der Waals surface area contributed by atoms with E-state index >= 15 is 0 Å². The van der Waals surface area contributed by atoms with Gasteiger partial charge in [-0.3, -0.25) is 4.90 Å². The van der Waals surface area contributed by atoms with Crippen LogP contribution in [0.2, 0.25) is 0 Å². The zero-order valence-corrected chi connectivity index (χ0v) is 12.1. The molecular formula is C15H22N2O3. The van der Waals surface area contributed by atoms with Gasteiger partial charge in [-0.05, 0) is 26.0 Å². The Bertz CT molecular complexity index is 482. The van der Waals surface area contributed by atoms with Crippen LogP contribution in [0.4, 0.5) is 5.69 Å². The highest BCUT2D eigenvalue weighted by Gasteiger charge is 2.24. The molecule has 0 aliphatic carbocycles. The van der Waals surface area contributed by atoms with Crippen LogP contribution in [0.1, 0.15) is 25.0 Å². The molecule has 0 radical (unpaired) electrons. The van der Waals surface area contributed by atoms with E-state index in [1.807, 2.05) is 12.1 Å². The normalized spacial score (nSPS) is 26.9. The molecule has 5 heteroatoms. The van der Waals surface area contributed by atoms with Crippen LogP contribution in [0.25, 0.3) is 0 Å². The topological polar surface area (TPSA) is 57.0 Å². The summed E-state index contributed by atoms with van der Waals surface area (Å²) in [7, 11) is 0. The molecule has 0 bridgehead atoms. The van der Waals surface area contributed by atoms with Crippen molar-refractivity contribution in [2.24, 2.45) is 0 Å². The van der Waals surface area contributed by atoms with E-state index in [0.717, 1.165) is 42.2 Å². The molecule has 0 aromatic heterocycles. The molecule has 1 aromatic rings. The van der Waals surface area contributed by atoms with Crippen LogP contribution in [0.15, 0.2) is 12.1 Å². The Labute approximate surface area is 119 Å². The van der Waals surface area contributed by atoms with Gasteiger partial charge in [0.15, 0.2) is 6.79 Å². The Balaban J connectivity index is 1.81. The van der Waals surface area contributed by atoms with Crippen LogP contribution in [-0.4, -0.2) is 37.0 Å². The molecule has 1 aromatic carbocycles. The third kappa shape index (κ3) is 2.90. The SMILES string of the molecule is CC1CN(Cc2cc(N)cc3c2OCOC3)CC(C)O1. The van der Waals surface area contributed by atoms with Crippen LogP contribution in [0.3, 0.4) is 0 Å². The number of ether oxygens (including phenoxy) is 3. The number of fused-ring (bicyclic) bond motifs is 1. The smallest absolute Gasteiger partial charge is 0.189 e. The predicted molar refractivity (Wildman–Crippen MR) is 76.4 cm³/mol. The Hall–Kier alpha value is -1.30. The maximum Gasteiger partial charge on any atom is 0.189 e. The number of nitrogen functional groups attached to an aromatic ring is 1. The molecule has 2 atom stereocenters. The zero-order chi connectivity index (χ0) is 14.1. The second-order valence-corrected chi connectivity index (χ2v) is 5.73. The van der Waals surface area contributed by atoms with Crippen molar-refractivity contribution in [3.63, 3.8) is 0 Å². The van der Waals surface area contributed by atoms with Crippen molar-refractivity contribution in [2.45, 2.75) is 39.2 Å². The predicted octanol–water partition coefficient (Wildman–Crippen LogP) is 1.74. The number of nitrogens with two attached hydrogens (primary N) is 1. The van der Waals surface area contributed by atoms with Crippen LogP contribution < -0.4 is 10.5 Å². The molecule has 5 nitrogen and oxygen atoms in total. The van der Waals surface area contributed by atoms with Crippen LogP contribution in [0, 0.1) is 0 Å². The average molecular weight is 278 g/mol. The highest BCUT2D eigenvalue weighted by molar-refractivity contribution is 5.53. The summed E-state index contributed by atoms with van der Waals surface area (Å²) >= 11 is 0. The van der Waals surface area contributed by atoms with Crippen molar-refractivity contribution in [3.8, 4) is 5.75 Å². The molecule has 110 valence electrons. The summed E-state index contributed by atoms with van der Waals surface area (Å²) in [4.78, 5) is 2.40. The second kappa shape index (κ2) is 5.60. The van der Waals surface area contributed by atoms with E-state index in [2.05, 4.69) is 18.7 Å². The molecule has 1 saturated heterocycles. The molecule has 20 heavy (non-hydrogen) atoms. The summed E-state index contributed by atoms with van der Waals surface area (Å²) in [5, 5.41) is 0. The number of morpholine rings is 1. The fourth-order valence-corrected chi connectivity index (χ4v) is 3.10. The Morgan fingerprint density at radius 1 is 1.25 bits per heavy atom. The second-order valence-electron chi connectivity index (χ2n) is 5.73. The largest absolute Gasteiger partial charge is 0.467 e. The fourth-order valence-electron chi connectivity index (χ4n) is 3.10. The number of rotatable bonds is 2. The minimum Gasteiger partial charge on any atom is -0.467 e. The third-order valence-corrected chi connectivity index (χ3v) is 3.70. The molecule has 2 aliphatic rings. The monoisotopic (exact) mass is 278 g/mol. The molecular weight excluding hydrogens is 256 g/mol. The van der Waals surface area contributed by atoms with Gasteiger partial charge < -0.3 is 19.9 Å². The molecule has 0 amide bonds. The minimum atomic E-state index is 0.264. The lowest BCUT2D eigenvalue weighted by Crippen LogP contribution is -2.44. The first-order valence-electron chi connectivity index (χ1n) is 7.11. The molecule has 1 fully saturated rings. The first-order valence-corrected chi connectivity index (χ1v) is 7.11. The van der Waals surface area contributed by atoms with Crippen LogP contribution in [0.5, 0.6) is 5.75 Å². The van der Waals surface area contributed by atoms with Crippen molar-refractivity contribution < 1.29 is 14.2 Å². The Kier molecular flexibility index (Phi) is 3.83. The van der Waals surface area contributed by atoms with Crippen molar-refractivity contribution in [3.05, 3.63) is 23.3 Å². The van der Waals surface area contributed by atoms with E-state index in [1.165, 1.54) is 0 Å². The maximum absolute atomic E-state index is 5.99. The summed E-state index contributed by atoms with van der Waals surface area (Å²) in [6.07, 6.45) is 0.528. The molecule has 2 unspecified atom stereocenters. The zero-order valence-electron chi connectivity index (χ0n) is 12.1. The van der Waals surface area contributed by atoms with Crippen molar-refractivity contribution in [2.75, 3.05) is 25.6 Å². The lowest BCUT2D eigenvalue weighted by atomic mass is 10.1. The van der Waals surface area contributed by atoms with E-state index in [0.29, 0.717) is 13.4 Å². The van der Waals surface area contributed by atoms with Gasteiger partial charge in [-0.15, -0.1) is 0 Å². The highest BCUT2D eigenvalue weighted by Crippen LogP contribution is 2.32. The van der Waals surface area contributed by atoms with E-state index < -0.39 is 0 Å². The summed E-state index contributed by atoms with van der Waals surface area (Å²) in [6.45, 7) is 7.83. The van der Waals surface area contributed by atoms with Gasteiger partial charge in [0.1, 0.15) is 5.75 Å². The third-order valence-electron chi connectivity index (χ3n) is 3.70. The Morgan fingerprint density at radius 3 is 2.75 bits per heavy atom. The summed E-state index contributed by atoms with van der Waals surface area (Å²) in [5.74, 6) is 0.942. The Morgan fingerprint density at radius 2 is 2.00 bits per heavy atom. The first kappa shape index (κ1) is 13.7. The minimum absolute atomic E-state index is 0.264. The van der Waals surface area contributed by atoms with Gasteiger partial charge in [0.25, 0.3) is 0 Å². The van der Waals surface area contributed by atoms with E-state index in [-0.39, 0.29) is 12.2 Å². The quantitative estimate of drug-likeness (QED) is 0.835. The number of anilines is 1. The number of hydrogen-bond acceptors (Lipinski definition) is 5. The lowest BCUT2D eigenvalue weighted by Gasteiger charge is -2.36. The van der Waals surface area contributed by atoms with Crippen LogP contribution in [-0.2, 0) is 22.6 Å². The van der Waals surface area contributed by atoms with Crippen molar-refractivity contribution in [1.29, 1.82) is 0 Å². The van der Waals surface area contributed by atoms with Gasteiger partial charge in [-0.25, -0.2) is 0 Å². The van der Waals surface area contributed by atoms with Crippen LogP contribution >= 0.6 is 0 Å². The number of benzene rings is 1. The lowest BCUT2D eigenvalue weighted by molar-refractivity contribution is -0.0711. The molecule has 0 spiro atoms. The summed E-state index contributed by atoms with van der Waals surface area (Å²) < 4.78 is 16.8. The van der Waals surface area contributed by atoms with Crippen molar-refractivity contribution in [1.82, 2.24) is 4.90 Å². The number of hydrogen-bond donors (Lipinski definition) is 1. The molecule has 2 N–H and O–H groups in total. The standard InChI is InChI=1S/C15H22N2O3/c1-10-5-17(6-11(2)20-10)7-12-3-14(16)4-13-8-18-9-19-15(12)13/h3-4,10-11H,5-9,16H2,1-2H3. The fraction of sp³-hybridized carbons (Fsp3) is 0.600. The van der Waals surface area contributed by atoms with Gasteiger partial charge in [0, 0.05) is 36.4 Å². The van der Waals surface area contributed by atoms with E-state index in [1.54, 1.807) is 0 Å². The van der Waals surface area contributed by atoms with Gasteiger partial charge >= 0.3 is 0 Å².